The highest BCUT2D eigenvalue weighted by molar-refractivity contribution is 9.10. The fourth-order valence-corrected chi connectivity index (χ4v) is 4.92. The van der Waals surface area contributed by atoms with Crippen molar-refractivity contribution in [3.05, 3.63) is 74.3 Å². The number of rotatable bonds is 9. The Morgan fingerprint density at radius 2 is 1.85 bits per heavy atom. The molecule has 41 heavy (non-hydrogen) atoms. The normalized spacial score (nSPS) is 14.2. The molecule has 1 heterocycles. The van der Waals surface area contributed by atoms with Gasteiger partial charge in [0, 0.05) is 40.6 Å². The van der Waals surface area contributed by atoms with Gasteiger partial charge in [0.15, 0.2) is 5.82 Å². The molecule has 1 aromatic heterocycles. The van der Waals surface area contributed by atoms with Crippen LogP contribution < -0.4 is 15.4 Å². The number of benzene rings is 2. The van der Waals surface area contributed by atoms with Crippen molar-refractivity contribution < 1.29 is 28.0 Å². The first-order chi connectivity index (χ1) is 19.3. The van der Waals surface area contributed by atoms with Crippen molar-refractivity contribution in [2.75, 3.05) is 5.32 Å². The summed E-state index contributed by atoms with van der Waals surface area (Å²) >= 11 is 3.41. The van der Waals surface area contributed by atoms with Crippen LogP contribution in [-0.2, 0) is 16.8 Å². The number of hydrogen-bond acceptors (Lipinski definition) is 8. The van der Waals surface area contributed by atoms with Gasteiger partial charge in [0.25, 0.3) is 5.69 Å². The molecule has 1 saturated carbocycles. The Morgan fingerprint density at radius 3 is 2.41 bits per heavy atom. The molecule has 13 heteroatoms. The second-order valence-corrected chi connectivity index (χ2v) is 11.5. The number of nitro groups is 1. The highest BCUT2D eigenvalue weighted by Gasteiger charge is 2.43. The Kier molecular flexibility index (Phi) is 8.76. The van der Waals surface area contributed by atoms with Crippen LogP contribution in [0.4, 0.5) is 25.0 Å². The van der Waals surface area contributed by atoms with Gasteiger partial charge in [-0.15, -0.1) is 0 Å². The van der Waals surface area contributed by atoms with E-state index >= 15 is 0 Å². The molecule has 0 unspecified atom stereocenters. The first kappa shape index (κ1) is 30.1. The van der Waals surface area contributed by atoms with E-state index in [2.05, 4.69) is 41.3 Å². The molecule has 0 saturated heterocycles. The average Bonchev–Trinajstić information content (AvgIpc) is 2.87. The van der Waals surface area contributed by atoms with Gasteiger partial charge in [-0.25, -0.2) is 14.8 Å². The Labute approximate surface area is 244 Å². The van der Waals surface area contributed by atoms with Gasteiger partial charge in [0.1, 0.15) is 22.6 Å². The summed E-state index contributed by atoms with van der Waals surface area (Å²) in [5.74, 6) is 0.409. The van der Waals surface area contributed by atoms with E-state index in [0.717, 1.165) is 12.0 Å². The number of aryl methyl sites for hydroxylation is 1. The van der Waals surface area contributed by atoms with Gasteiger partial charge in [-0.1, -0.05) is 22.0 Å². The van der Waals surface area contributed by atoms with Crippen molar-refractivity contribution in [3.8, 4) is 16.9 Å². The van der Waals surface area contributed by atoms with Crippen LogP contribution in [0.5, 0.6) is 5.75 Å². The maximum atomic E-state index is 13.0. The second-order valence-electron chi connectivity index (χ2n) is 10.8. The average molecular weight is 634 g/mol. The summed E-state index contributed by atoms with van der Waals surface area (Å²) in [6.45, 7) is 4.10. The first-order valence-electron chi connectivity index (χ1n) is 12.9. The van der Waals surface area contributed by atoms with Crippen LogP contribution in [0.3, 0.4) is 0 Å². The predicted molar refractivity (Wildman–Crippen MR) is 152 cm³/mol. The third kappa shape index (κ3) is 7.07. The maximum absolute atomic E-state index is 13.0. The number of hydrogen-bond donors (Lipinski definition) is 2. The summed E-state index contributed by atoms with van der Waals surface area (Å²) < 4.78 is 36.6. The van der Waals surface area contributed by atoms with Gasteiger partial charge in [-0.3, -0.25) is 10.1 Å². The topological polar surface area (TPSA) is 129 Å². The maximum Gasteiger partial charge on any atom is 0.408 e. The number of amides is 1. The van der Waals surface area contributed by atoms with Crippen LogP contribution >= 0.6 is 15.9 Å². The number of halogens is 3. The summed E-state index contributed by atoms with van der Waals surface area (Å²) in [7, 11) is 0. The lowest BCUT2D eigenvalue weighted by Gasteiger charge is -2.41. The molecule has 0 radical (unpaired) electrons. The predicted octanol–water partition coefficient (Wildman–Crippen LogP) is 7.24. The zero-order valence-electron chi connectivity index (χ0n) is 23.0. The van der Waals surface area contributed by atoms with Crippen molar-refractivity contribution >= 4 is 33.4 Å². The molecule has 4 rings (SSSR count). The van der Waals surface area contributed by atoms with Crippen molar-refractivity contribution in [2.24, 2.45) is 0 Å². The molecule has 2 N–H and O–H groups in total. The van der Waals surface area contributed by atoms with Gasteiger partial charge in [-0.05, 0) is 76.3 Å². The van der Waals surface area contributed by atoms with Gasteiger partial charge in [0.2, 0.25) is 0 Å². The highest BCUT2D eigenvalue weighted by Crippen LogP contribution is 2.40. The number of nitrogens with one attached hydrogen (secondary N) is 2. The molecular weight excluding hydrogens is 604 g/mol. The summed E-state index contributed by atoms with van der Waals surface area (Å²) in [6, 6.07) is 7.57. The summed E-state index contributed by atoms with van der Waals surface area (Å²) in [5, 5.41) is 17.7. The smallest absolute Gasteiger partial charge is 0.408 e. The van der Waals surface area contributed by atoms with Crippen LogP contribution in [-0.4, -0.2) is 33.2 Å². The number of ether oxygens (including phenoxy) is 2. The minimum atomic E-state index is -3.03. The number of aromatic nitrogens is 2. The summed E-state index contributed by atoms with van der Waals surface area (Å²) in [4.78, 5) is 32.7. The molecule has 1 aliphatic carbocycles. The van der Waals surface area contributed by atoms with Crippen LogP contribution in [0.2, 0.25) is 0 Å². The molecule has 218 valence electrons. The minimum Gasteiger partial charge on any atom is -0.444 e. The molecule has 3 aromatic rings. The van der Waals surface area contributed by atoms with Crippen LogP contribution in [0.25, 0.3) is 11.1 Å². The van der Waals surface area contributed by atoms with E-state index in [4.69, 9.17) is 4.74 Å². The third-order valence-corrected chi connectivity index (χ3v) is 7.72. The van der Waals surface area contributed by atoms with E-state index in [1.807, 2.05) is 0 Å². The van der Waals surface area contributed by atoms with Crippen LogP contribution in [0, 0.1) is 17.0 Å². The van der Waals surface area contributed by atoms with Crippen molar-refractivity contribution in [3.63, 3.8) is 0 Å². The lowest BCUT2D eigenvalue weighted by atomic mass is 9.76. The van der Waals surface area contributed by atoms with E-state index < -0.39 is 28.8 Å². The molecule has 0 bridgehead atoms. The first-order valence-corrected chi connectivity index (χ1v) is 13.7. The molecule has 1 fully saturated rings. The lowest BCUT2D eigenvalue weighted by molar-refractivity contribution is -0.384. The van der Waals surface area contributed by atoms with E-state index in [1.54, 1.807) is 58.3 Å². The molecular formula is C28H30BrF2N5O5. The van der Waals surface area contributed by atoms with E-state index in [1.165, 1.54) is 12.1 Å². The van der Waals surface area contributed by atoms with Crippen molar-refractivity contribution in [1.82, 2.24) is 15.3 Å². The largest absolute Gasteiger partial charge is 0.444 e. The zero-order chi connectivity index (χ0) is 29.9. The molecule has 0 atom stereocenters. The molecule has 1 amide bonds. The minimum absolute atomic E-state index is 0.0249. The van der Waals surface area contributed by atoms with E-state index in [0.29, 0.717) is 39.8 Å². The quantitative estimate of drug-likeness (QED) is 0.186. The van der Waals surface area contributed by atoms with E-state index in [-0.39, 0.29) is 23.7 Å². The van der Waals surface area contributed by atoms with Gasteiger partial charge >= 0.3 is 12.7 Å². The highest BCUT2D eigenvalue weighted by atomic mass is 79.9. The fourth-order valence-electron chi connectivity index (χ4n) is 4.45. The summed E-state index contributed by atoms with van der Waals surface area (Å²) in [5.41, 5.74) is 0.986. The summed E-state index contributed by atoms with van der Waals surface area (Å²) in [6.07, 6.45) is 4.88. The number of alkyl halides is 2. The molecule has 0 spiro atoms. The van der Waals surface area contributed by atoms with E-state index in [9.17, 15) is 23.7 Å². The molecule has 1 aliphatic rings. The monoisotopic (exact) mass is 633 g/mol. The second kappa shape index (κ2) is 11.9. The van der Waals surface area contributed by atoms with Crippen LogP contribution in [0.15, 0.2) is 47.2 Å². The number of anilines is 1. The SMILES string of the molecule is Cc1ccc(OC(F)F)c(CNc2cc(-c3cnc(C4(NC(=O)OC(C)(C)C)CCC4)nc3)ccc2[N+](=O)[O-])c1Br. The fraction of sp³-hybridized carbons (Fsp3) is 0.393. The number of carbonyl (C=O) groups is 1. The van der Waals surface area contributed by atoms with Gasteiger partial charge in [0.05, 0.1) is 4.92 Å². The number of alkyl carbamates (subject to hydrolysis) is 1. The van der Waals surface area contributed by atoms with Crippen LogP contribution in [0.1, 0.15) is 57.0 Å². The molecule has 0 aliphatic heterocycles. The Morgan fingerprint density at radius 1 is 1.17 bits per heavy atom. The number of carbonyl (C=O) groups excluding carboxylic acids is 1. The molecule has 10 nitrogen and oxygen atoms in total. The number of nitro benzene ring substituents is 1. The Bertz CT molecular complexity index is 1440. The Balaban J connectivity index is 1.58. The third-order valence-electron chi connectivity index (χ3n) is 6.62. The van der Waals surface area contributed by atoms with Crippen molar-refractivity contribution in [1.29, 1.82) is 0 Å². The number of nitrogens with zero attached hydrogens (tertiary/aromatic N) is 3. The molecule has 2 aromatic carbocycles. The van der Waals surface area contributed by atoms with Gasteiger partial charge in [-0.2, -0.15) is 8.78 Å². The standard InChI is InChI=1S/C28H30BrF2N5O5/c1-16-6-9-22(40-25(30)31)19(23(16)29)15-32-20-12-17(7-8-21(20)36(38)39)18-13-33-24(34-14-18)28(10-5-11-28)35-26(37)41-27(2,3)4/h6-9,12-14,25,32H,5,10-11,15H2,1-4H3,(H,35,37). The lowest BCUT2D eigenvalue weighted by Crippen LogP contribution is -2.53. The van der Waals surface area contributed by atoms with Gasteiger partial charge < -0.3 is 20.1 Å². The Hall–Kier alpha value is -3.87. The van der Waals surface area contributed by atoms with Crippen molar-refractivity contribution in [2.45, 2.75) is 71.3 Å². The zero-order valence-corrected chi connectivity index (χ0v) is 24.6.